The van der Waals surface area contributed by atoms with E-state index in [9.17, 15) is 14.4 Å². The molecule has 2 fully saturated rings. The van der Waals surface area contributed by atoms with Crippen LogP contribution in [0.3, 0.4) is 0 Å². The number of amides is 3. The molecule has 2 unspecified atom stereocenters. The van der Waals surface area contributed by atoms with Crippen LogP contribution in [0.15, 0.2) is 18.2 Å². The van der Waals surface area contributed by atoms with Crippen molar-refractivity contribution in [2.75, 3.05) is 18.1 Å². The first-order valence-electron chi connectivity index (χ1n) is 11.3. The minimum atomic E-state index is -0.663. The van der Waals surface area contributed by atoms with Crippen molar-refractivity contribution in [3.63, 3.8) is 0 Å². The van der Waals surface area contributed by atoms with Gasteiger partial charge in [-0.05, 0) is 51.8 Å². The van der Waals surface area contributed by atoms with Gasteiger partial charge in [0.15, 0.2) is 0 Å². The van der Waals surface area contributed by atoms with Crippen LogP contribution in [-0.2, 0) is 19.9 Å². The summed E-state index contributed by atoms with van der Waals surface area (Å²) in [5, 5.41) is 0. The zero-order chi connectivity index (χ0) is 23.5. The van der Waals surface area contributed by atoms with Gasteiger partial charge in [0.1, 0.15) is 16.1 Å². The molecule has 9 heteroatoms. The third-order valence-corrected chi connectivity index (χ3v) is 10.3. The number of hydrogen-bond donors (Lipinski definition) is 0. The molecule has 2 atom stereocenters. The Labute approximate surface area is 205 Å². The molecule has 3 heterocycles. The summed E-state index contributed by atoms with van der Waals surface area (Å²) in [5.41, 5.74) is 1.90. The Hall–Kier alpha value is -2.10. The van der Waals surface area contributed by atoms with Crippen molar-refractivity contribution >= 4 is 56.3 Å². The third-order valence-electron chi connectivity index (χ3n) is 7.01. The van der Waals surface area contributed by atoms with E-state index in [1.54, 1.807) is 15.2 Å². The first-order valence-corrected chi connectivity index (χ1v) is 13.9. The normalized spacial score (nSPS) is 23.2. The monoisotopic (exact) mass is 502 g/mol. The molecule has 6 nitrogen and oxygen atoms in total. The summed E-state index contributed by atoms with van der Waals surface area (Å²) in [4.78, 5) is 43.7. The zero-order valence-electron chi connectivity index (χ0n) is 18.9. The molecule has 0 spiro atoms. The molecule has 1 aromatic carbocycles. The van der Waals surface area contributed by atoms with Crippen molar-refractivity contribution in [2.24, 2.45) is 11.8 Å². The highest BCUT2D eigenvalue weighted by molar-refractivity contribution is 7.80. The van der Waals surface area contributed by atoms with Gasteiger partial charge < -0.3 is 4.74 Å². The van der Waals surface area contributed by atoms with E-state index in [0.29, 0.717) is 12.4 Å². The Morgan fingerprint density at radius 3 is 2.45 bits per heavy atom. The van der Waals surface area contributed by atoms with Gasteiger partial charge in [-0.2, -0.15) is 0 Å². The van der Waals surface area contributed by atoms with Gasteiger partial charge in [-0.25, -0.2) is 0 Å². The van der Waals surface area contributed by atoms with Crippen LogP contribution in [0, 0.1) is 15.7 Å². The summed E-state index contributed by atoms with van der Waals surface area (Å²) in [6, 6.07) is 5.67. The number of benzene rings is 1. The highest BCUT2D eigenvalue weighted by atomic mass is 32.9. The molecule has 5 rings (SSSR count). The van der Waals surface area contributed by atoms with Crippen LogP contribution in [0.1, 0.15) is 51.3 Å². The second-order valence-electron chi connectivity index (χ2n) is 9.32. The molecular formula is C24H26N2O4S3. The van der Waals surface area contributed by atoms with Crippen molar-refractivity contribution in [3.8, 4) is 16.9 Å². The van der Waals surface area contributed by atoms with Crippen LogP contribution in [0.5, 0.6) is 5.75 Å². The Balaban J connectivity index is 1.54. The lowest BCUT2D eigenvalue weighted by Gasteiger charge is -2.43. The highest BCUT2D eigenvalue weighted by Gasteiger charge is 2.50. The van der Waals surface area contributed by atoms with Gasteiger partial charge in [0.05, 0.1) is 34.5 Å². The number of anilines is 1. The number of nitrogens with zero attached hydrogens (tertiary/aromatic N) is 2. The number of likely N-dealkylation sites (tertiary alicyclic amines) is 1. The Morgan fingerprint density at radius 1 is 1.15 bits per heavy atom. The SMILES string of the molecule is CCOc1ccc2c(c1)-c1c(ssc1=S)C(C)(C)N2C(=O)CN1C(=O)C2CCCCC2C1=O. The van der Waals surface area contributed by atoms with Crippen molar-refractivity contribution in [2.45, 2.75) is 52.0 Å². The lowest BCUT2D eigenvalue weighted by molar-refractivity contribution is -0.143. The van der Waals surface area contributed by atoms with Crippen LogP contribution >= 0.6 is 32.9 Å². The zero-order valence-corrected chi connectivity index (χ0v) is 21.3. The van der Waals surface area contributed by atoms with E-state index in [4.69, 9.17) is 17.0 Å². The van der Waals surface area contributed by atoms with Crippen LogP contribution in [0.4, 0.5) is 5.69 Å². The van der Waals surface area contributed by atoms with E-state index >= 15 is 0 Å². The lowest BCUT2D eigenvalue weighted by Crippen LogP contribution is -2.52. The van der Waals surface area contributed by atoms with E-state index in [2.05, 4.69) is 0 Å². The predicted octanol–water partition coefficient (Wildman–Crippen LogP) is 5.36. The molecule has 1 saturated heterocycles. The van der Waals surface area contributed by atoms with E-state index in [1.807, 2.05) is 39.0 Å². The maximum atomic E-state index is 13.8. The van der Waals surface area contributed by atoms with Gasteiger partial charge in [-0.3, -0.25) is 24.2 Å². The average Bonchev–Trinajstić information content (AvgIpc) is 3.29. The average molecular weight is 503 g/mol. The number of hydrogen-bond acceptors (Lipinski definition) is 7. The summed E-state index contributed by atoms with van der Waals surface area (Å²) in [6.07, 6.45) is 3.39. The Morgan fingerprint density at radius 2 is 1.82 bits per heavy atom. The number of imide groups is 1. The fraction of sp³-hybridized carbons (Fsp3) is 0.500. The first kappa shape index (κ1) is 22.7. The Bertz CT molecular complexity index is 1190. The van der Waals surface area contributed by atoms with Crippen molar-refractivity contribution in [1.82, 2.24) is 4.90 Å². The number of ether oxygens (including phenoxy) is 1. The second kappa shape index (κ2) is 8.29. The van der Waals surface area contributed by atoms with Gasteiger partial charge in [-0.15, -0.1) is 0 Å². The largest absolute Gasteiger partial charge is 0.494 e. The standard InChI is InChI=1S/C24H26N2O4S3/c1-4-30-13-9-10-17-16(11-13)19-20(32-33-23(19)31)24(2,3)26(17)18(27)12-25-21(28)14-7-5-6-8-15(14)22(25)29/h9-11,14-15H,4-8,12H2,1-3H3. The smallest absolute Gasteiger partial charge is 0.247 e. The molecule has 2 aliphatic heterocycles. The van der Waals surface area contributed by atoms with Crippen LogP contribution < -0.4 is 9.64 Å². The van der Waals surface area contributed by atoms with Gasteiger partial charge >= 0.3 is 0 Å². The van der Waals surface area contributed by atoms with E-state index in [-0.39, 0.29) is 36.1 Å². The summed E-state index contributed by atoms with van der Waals surface area (Å²) < 4.78 is 6.50. The molecule has 174 valence electrons. The third kappa shape index (κ3) is 3.47. The number of carbonyl (C=O) groups excluding carboxylic acids is 3. The maximum absolute atomic E-state index is 13.8. The summed E-state index contributed by atoms with van der Waals surface area (Å²) >= 11 is 5.66. The fourth-order valence-corrected chi connectivity index (χ4v) is 8.79. The number of carbonyl (C=O) groups is 3. The van der Waals surface area contributed by atoms with Crippen molar-refractivity contribution in [1.29, 1.82) is 0 Å². The van der Waals surface area contributed by atoms with Crippen molar-refractivity contribution < 1.29 is 19.1 Å². The van der Waals surface area contributed by atoms with Gasteiger partial charge in [-0.1, -0.05) is 45.7 Å². The molecule has 1 saturated carbocycles. The van der Waals surface area contributed by atoms with E-state index in [0.717, 1.165) is 51.2 Å². The summed E-state index contributed by atoms with van der Waals surface area (Å²) in [6.45, 7) is 6.22. The molecule has 0 N–H and O–H groups in total. The topological polar surface area (TPSA) is 66.9 Å². The summed E-state index contributed by atoms with van der Waals surface area (Å²) in [5.74, 6) is -0.446. The lowest BCUT2D eigenvalue weighted by atomic mass is 9.81. The molecule has 3 amide bonds. The predicted molar refractivity (Wildman–Crippen MR) is 132 cm³/mol. The minimum absolute atomic E-state index is 0.188. The molecule has 2 aromatic rings. The molecule has 1 aromatic heterocycles. The van der Waals surface area contributed by atoms with Gasteiger partial charge in [0, 0.05) is 11.1 Å². The molecule has 33 heavy (non-hydrogen) atoms. The molecule has 3 aliphatic rings. The summed E-state index contributed by atoms with van der Waals surface area (Å²) in [7, 11) is 3.10. The molecule has 1 aliphatic carbocycles. The molecular weight excluding hydrogens is 476 g/mol. The van der Waals surface area contributed by atoms with Gasteiger partial charge in [0.2, 0.25) is 17.7 Å². The minimum Gasteiger partial charge on any atom is -0.494 e. The van der Waals surface area contributed by atoms with Crippen LogP contribution in [0.2, 0.25) is 0 Å². The quantitative estimate of drug-likeness (QED) is 0.320. The number of rotatable bonds is 4. The first-order chi connectivity index (χ1) is 15.8. The molecule has 0 radical (unpaired) electrons. The number of fused-ring (bicyclic) bond motifs is 4. The van der Waals surface area contributed by atoms with Crippen LogP contribution in [0.25, 0.3) is 11.1 Å². The molecule has 0 bridgehead atoms. The highest BCUT2D eigenvalue weighted by Crippen LogP contribution is 2.53. The second-order valence-corrected chi connectivity index (χ2v) is 12.1. The van der Waals surface area contributed by atoms with Gasteiger partial charge in [0.25, 0.3) is 0 Å². The van der Waals surface area contributed by atoms with Crippen molar-refractivity contribution in [3.05, 3.63) is 26.9 Å². The van der Waals surface area contributed by atoms with E-state index in [1.165, 1.54) is 15.2 Å². The van der Waals surface area contributed by atoms with Crippen LogP contribution in [-0.4, -0.2) is 35.8 Å². The maximum Gasteiger partial charge on any atom is 0.247 e. The fourth-order valence-electron chi connectivity index (χ4n) is 5.50. The van der Waals surface area contributed by atoms with E-state index < -0.39 is 5.54 Å². The Kier molecular flexibility index (Phi) is 5.69.